The molecule has 1 N–H and O–H groups in total. The fraction of sp³-hybridized carbons (Fsp3) is 0.375. The smallest absolute Gasteiger partial charge is 0.337 e. The molecule has 0 aromatic carbocycles. The second kappa shape index (κ2) is 5.68. The molecular formula is C8H12O3. The zero-order valence-corrected chi connectivity index (χ0v) is 6.54. The van der Waals surface area contributed by atoms with Crippen molar-refractivity contribution in [1.82, 2.24) is 0 Å². The van der Waals surface area contributed by atoms with Crippen molar-refractivity contribution in [3.05, 3.63) is 24.3 Å². The third-order valence-corrected chi connectivity index (χ3v) is 0.954. The third kappa shape index (κ3) is 4.33. The number of allylic oxidation sites excluding steroid dienone is 1. The first-order valence-electron chi connectivity index (χ1n) is 3.32. The SMILES string of the molecule is C=C(C=CC)C(=O)OCCO. The van der Waals surface area contributed by atoms with Gasteiger partial charge in [0.1, 0.15) is 6.61 Å². The molecule has 0 spiro atoms. The van der Waals surface area contributed by atoms with Gasteiger partial charge in [-0.15, -0.1) is 0 Å². The monoisotopic (exact) mass is 156 g/mol. The van der Waals surface area contributed by atoms with Gasteiger partial charge in [-0.1, -0.05) is 18.7 Å². The summed E-state index contributed by atoms with van der Waals surface area (Å²) in [5, 5.41) is 8.30. The average Bonchev–Trinajstić information content (AvgIpc) is 2.00. The van der Waals surface area contributed by atoms with Crippen molar-refractivity contribution in [3.63, 3.8) is 0 Å². The van der Waals surface area contributed by atoms with E-state index in [4.69, 9.17) is 5.11 Å². The first-order valence-corrected chi connectivity index (χ1v) is 3.32. The number of rotatable bonds is 4. The predicted octanol–water partition coefficient (Wildman–Crippen LogP) is 0.654. The summed E-state index contributed by atoms with van der Waals surface area (Å²) in [5.41, 5.74) is 0.293. The Balaban J connectivity index is 3.74. The molecule has 3 heteroatoms. The van der Waals surface area contributed by atoms with Crippen molar-refractivity contribution in [2.75, 3.05) is 13.2 Å². The second-order valence-corrected chi connectivity index (χ2v) is 1.88. The topological polar surface area (TPSA) is 46.5 Å². The molecule has 0 radical (unpaired) electrons. The van der Waals surface area contributed by atoms with Crippen molar-refractivity contribution in [2.45, 2.75) is 6.92 Å². The zero-order chi connectivity index (χ0) is 8.69. The van der Waals surface area contributed by atoms with Gasteiger partial charge in [-0.3, -0.25) is 0 Å². The largest absolute Gasteiger partial charge is 0.460 e. The molecule has 62 valence electrons. The van der Waals surface area contributed by atoms with Gasteiger partial charge in [-0.2, -0.15) is 0 Å². The number of hydrogen-bond donors (Lipinski definition) is 1. The van der Waals surface area contributed by atoms with Crippen molar-refractivity contribution < 1.29 is 14.6 Å². The van der Waals surface area contributed by atoms with Gasteiger partial charge in [0.15, 0.2) is 0 Å². The van der Waals surface area contributed by atoms with Gasteiger partial charge in [-0.25, -0.2) is 4.79 Å². The third-order valence-electron chi connectivity index (χ3n) is 0.954. The Bertz CT molecular complexity index is 170. The molecule has 0 fully saturated rings. The molecule has 0 aliphatic heterocycles. The first-order chi connectivity index (χ1) is 5.22. The number of carbonyl (C=O) groups is 1. The summed E-state index contributed by atoms with van der Waals surface area (Å²) in [5.74, 6) is -0.489. The number of esters is 1. The van der Waals surface area contributed by atoms with E-state index < -0.39 is 5.97 Å². The minimum Gasteiger partial charge on any atom is -0.460 e. The normalized spacial score (nSPS) is 10.0. The van der Waals surface area contributed by atoms with E-state index in [1.54, 1.807) is 19.1 Å². The average molecular weight is 156 g/mol. The zero-order valence-electron chi connectivity index (χ0n) is 6.54. The number of aliphatic hydroxyl groups is 1. The van der Waals surface area contributed by atoms with Crippen LogP contribution in [0.1, 0.15) is 6.92 Å². The molecule has 0 amide bonds. The standard InChI is InChI=1S/C8H12O3/c1-3-4-7(2)8(10)11-6-5-9/h3-4,9H,2,5-6H2,1H3. The molecule has 0 atom stereocenters. The minimum absolute atomic E-state index is 0.0232. The molecule has 3 nitrogen and oxygen atoms in total. The number of hydrogen-bond acceptors (Lipinski definition) is 3. The van der Waals surface area contributed by atoms with E-state index >= 15 is 0 Å². The van der Waals surface area contributed by atoms with Gasteiger partial charge < -0.3 is 9.84 Å². The Kier molecular flexibility index (Phi) is 5.11. The van der Waals surface area contributed by atoms with Crippen LogP contribution < -0.4 is 0 Å². The van der Waals surface area contributed by atoms with Crippen molar-refractivity contribution >= 4 is 5.97 Å². The molecule has 0 saturated carbocycles. The fourth-order valence-corrected chi connectivity index (χ4v) is 0.500. The van der Waals surface area contributed by atoms with Crippen LogP contribution >= 0.6 is 0 Å². The van der Waals surface area contributed by atoms with Crippen molar-refractivity contribution in [2.24, 2.45) is 0 Å². The Morgan fingerprint density at radius 2 is 2.36 bits per heavy atom. The number of carbonyl (C=O) groups excluding carboxylic acids is 1. The molecule has 0 heterocycles. The quantitative estimate of drug-likeness (QED) is 0.369. The molecule has 0 aliphatic rings. The van der Waals surface area contributed by atoms with Gasteiger partial charge in [0, 0.05) is 0 Å². The van der Waals surface area contributed by atoms with E-state index in [0.29, 0.717) is 5.57 Å². The molecule has 11 heavy (non-hydrogen) atoms. The van der Waals surface area contributed by atoms with Crippen LogP contribution in [0.15, 0.2) is 24.3 Å². The van der Waals surface area contributed by atoms with Gasteiger partial charge >= 0.3 is 5.97 Å². The lowest BCUT2D eigenvalue weighted by Crippen LogP contribution is -2.08. The summed E-state index contributed by atoms with van der Waals surface area (Å²) in [7, 11) is 0. The van der Waals surface area contributed by atoms with E-state index in [2.05, 4.69) is 11.3 Å². The van der Waals surface area contributed by atoms with Crippen molar-refractivity contribution in [1.29, 1.82) is 0 Å². The van der Waals surface area contributed by atoms with E-state index in [1.165, 1.54) is 0 Å². The van der Waals surface area contributed by atoms with Crippen LogP contribution in [0, 0.1) is 0 Å². The van der Waals surface area contributed by atoms with E-state index in [-0.39, 0.29) is 13.2 Å². The highest BCUT2D eigenvalue weighted by Crippen LogP contribution is 1.95. The molecule has 0 aromatic rings. The van der Waals surface area contributed by atoms with Crippen LogP contribution in [0.2, 0.25) is 0 Å². The van der Waals surface area contributed by atoms with E-state index in [0.717, 1.165) is 0 Å². The van der Waals surface area contributed by atoms with Gasteiger partial charge in [0.25, 0.3) is 0 Å². The molecule has 0 rings (SSSR count). The maximum Gasteiger partial charge on any atom is 0.337 e. The maximum absolute atomic E-state index is 10.8. The lowest BCUT2D eigenvalue weighted by molar-refractivity contribution is -0.139. The Hall–Kier alpha value is -1.09. The summed E-state index contributed by atoms with van der Waals surface area (Å²) in [6.45, 7) is 5.10. The van der Waals surface area contributed by atoms with E-state index in [9.17, 15) is 4.79 Å². The van der Waals surface area contributed by atoms with Crippen LogP contribution in [0.4, 0.5) is 0 Å². The van der Waals surface area contributed by atoms with Crippen LogP contribution in [-0.2, 0) is 9.53 Å². The summed E-state index contributed by atoms with van der Waals surface area (Å²) < 4.78 is 4.57. The highest BCUT2D eigenvalue weighted by atomic mass is 16.5. The highest BCUT2D eigenvalue weighted by molar-refractivity contribution is 5.90. The van der Waals surface area contributed by atoms with Gasteiger partial charge in [0.05, 0.1) is 12.2 Å². The summed E-state index contributed by atoms with van der Waals surface area (Å²) >= 11 is 0. The summed E-state index contributed by atoms with van der Waals surface area (Å²) in [6.07, 6.45) is 3.25. The van der Waals surface area contributed by atoms with Crippen LogP contribution in [0.5, 0.6) is 0 Å². The Morgan fingerprint density at radius 3 is 2.82 bits per heavy atom. The molecule has 0 aliphatic carbocycles. The molecule has 0 aromatic heterocycles. The maximum atomic E-state index is 10.8. The molecule has 0 bridgehead atoms. The van der Waals surface area contributed by atoms with Gasteiger partial charge in [0.2, 0.25) is 0 Å². The molecule has 0 saturated heterocycles. The lowest BCUT2D eigenvalue weighted by Gasteiger charge is -2.00. The minimum atomic E-state index is -0.489. The van der Waals surface area contributed by atoms with Gasteiger partial charge in [-0.05, 0) is 6.92 Å². The number of aliphatic hydroxyl groups excluding tert-OH is 1. The molecular weight excluding hydrogens is 144 g/mol. The van der Waals surface area contributed by atoms with Crippen LogP contribution in [0.25, 0.3) is 0 Å². The molecule has 0 unspecified atom stereocenters. The van der Waals surface area contributed by atoms with Crippen LogP contribution in [0.3, 0.4) is 0 Å². The summed E-state index contributed by atoms with van der Waals surface area (Å²) in [4.78, 5) is 10.8. The Morgan fingerprint density at radius 1 is 1.73 bits per heavy atom. The first kappa shape index (κ1) is 9.91. The fourth-order valence-electron chi connectivity index (χ4n) is 0.500. The van der Waals surface area contributed by atoms with E-state index in [1.807, 2.05) is 0 Å². The van der Waals surface area contributed by atoms with Crippen LogP contribution in [-0.4, -0.2) is 24.3 Å². The highest BCUT2D eigenvalue weighted by Gasteiger charge is 2.02. The Labute approximate surface area is 66.0 Å². The van der Waals surface area contributed by atoms with Crippen molar-refractivity contribution in [3.8, 4) is 0 Å². The second-order valence-electron chi connectivity index (χ2n) is 1.88. The predicted molar refractivity (Wildman–Crippen MR) is 42.0 cm³/mol. The summed E-state index contributed by atoms with van der Waals surface area (Å²) in [6, 6.07) is 0. The number of ether oxygens (including phenoxy) is 1. The lowest BCUT2D eigenvalue weighted by atomic mass is 10.3.